The molecule has 1 amide bonds. The van der Waals surface area contributed by atoms with Gasteiger partial charge in [-0.25, -0.2) is 8.42 Å². The van der Waals surface area contributed by atoms with Crippen molar-refractivity contribution in [3.8, 4) is 0 Å². The Bertz CT molecular complexity index is 957. The fourth-order valence-corrected chi connectivity index (χ4v) is 5.37. The van der Waals surface area contributed by atoms with Crippen LogP contribution < -0.4 is 9.62 Å². The largest absolute Gasteiger partial charge is 0.350 e. The van der Waals surface area contributed by atoms with Gasteiger partial charge in [0.15, 0.2) is 0 Å². The van der Waals surface area contributed by atoms with Crippen molar-refractivity contribution in [2.24, 2.45) is 0 Å². The molecule has 1 N–H and O–H groups in total. The van der Waals surface area contributed by atoms with Crippen molar-refractivity contribution in [1.29, 1.82) is 0 Å². The third-order valence-electron chi connectivity index (χ3n) is 5.65. The Morgan fingerprint density at radius 2 is 1.71 bits per heavy atom. The molecule has 0 radical (unpaired) electrons. The summed E-state index contributed by atoms with van der Waals surface area (Å²) in [6, 6.07) is 16.2. The predicted octanol–water partition coefficient (Wildman–Crippen LogP) is 3.53. The van der Waals surface area contributed by atoms with E-state index in [9.17, 15) is 13.2 Å². The van der Waals surface area contributed by atoms with Gasteiger partial charge in [-0.2, -0.15) is 0 Å². The lowest BCUT2D eigenvalue weighted by Crippen LogP contribution is -2.49. The summed E-state index contributed by atoms with van der Waals surface area (Å²) in [5, 5.41) is 2.94. The molecule has 0 saturated carbocycles. The van der Waals surface area contributed by atoms with Gasteiger partial charge in [-0.05, 0) is 55.6 Å². The number of anilines is 1. The summed E-state index contributed by atoms with van der Waals surface area (Å²) >= 11 is 0. The number of sulfonamides is 1. The van der Waals surface area contributed by atoms with Gasteiger partial charge in [0.2, 0.25) is 15.9 Å². The average molecular weight is 444 g/mol. The van der Waals surface area contributed by atoms with E-state index in [1.54, 1.807) is 24.3 Å². The zero-order valence-corrected chi connectivity index (χ0v) is 19.3. The fourth-order valence-electron chi connectivity index (χ4n) is 4.16. The van der Waals surface area contributed by atoms with Crippen LogP contribution in [0.1, 0.15) is 43.7 Å². The standard InChI is InChI=1S/C24H33N3O3S/c1-3-23(27(31(2,29)30)22-13-6-4-7-14-22)24(28)25-18-20-11-10-12-21(17-20)19-26-15-8-5-9-16-26/h4,6-7,10-14,17,23H,3,5,8-9,15-16,18-19H2,1-2H3,(H,25,28)/t23-/m0/s1. The number of nitrogens with zero attached hydrogens (tertiary/aromatic N) is 2. The molecular formula is C24H33N3O3S. The molecule has 0 unspecified atom stereocenters. The molecule has 1 saturated heterocycles. The Labute approximate surface area is 186 Å². The second-order valence-electron chi connectivity index (χ2n) is 8.19. The highest BCUT2D eigenvalue weighted by Gasteiger charge is 2.31. The van der Waals surface area contributed by atoms with Crippen molar-refractivity contribution in [1.82, 2.24) is 10.2 Å². The first-order valence-electron chi connectivity index (χ1n) is 11.0. The van der Waals surface area contributed by atoms with Gasteiger partial charge in [-0.3, -0.25) is 14.0 Å². The van der Waals surface area contributed by atoms with Gasteiger partial charge in [0.25, 0.3) is 0 Å². The number of para-hydroxylation sites is 1. The van der Waals surface area contributed by atoms with Crippen molar-refractivity contribution in [2.75, 3.05) is 23.7 Å². The van der Waals surface area contributed by atoms with E-state index >= 15 is 0 Å². The van der Waals surface area contributed by atoms with E-state index in [1.165, 1.54) is 29.1 Å². The van der Waals surface area contributed by atoms with Crippen molar-refractivity contribution in [3.05, 3.63) is 65.7 Å². The molecule has 0 spiro atoms. The normalized spacial score (nSPS) is 15.9. The maximum atomic E-state index is 13.0. The number of carbonyl (C=O) groups excluding carboxylic acids is 1. The van der Waals surface area contributed by atoms with Gasteiger partial charge in [-0.1, -0.05) is 55.8 Å². The Morgan fingerprint density at radius 1 is 1.03 bits per heavy atom. The van der Waals surface area contributed by atoms with E-state index in [2.05, 4.69) is 22.3 Å². The van der Waals surface area contributed by atoms with Crippen LogP contribution in [0.25, 0.3) is 0 Å². The number of likely N-dealkylation sites (tertiary alicyclic amines) is 1. The average Bonchev–Trinajstić information content (AvgIpc) is 2.76. The van der Waals surface area contributed by atoms with Crippen molar-refractivity contribution in [2.45, 2.75) is 51.7 Å². The monoisotopic (exact) mass is 443 g/mol. The number of hydrogen-bond donors (Lipinski definition) is 1. The van der Waals surface area contributed by atoms with Crippen LogP contribution >= 0.6 is 0 Å². The molecule has 2 aromatic carbocycles. The van der Waals surface area contributed by atoms with Gasteiger partial charge in [0.05, 0.1) is 11.9 Å². The molecule has 0 bridgehead atoms. The molecule has 31 heavy (non-hydrogen) atoms. The third kappa shape index (κ3) is 6.55. The van der Waals surface area contributed by atoms with E-state index in [0.717, 1.165) is 31.5 Å². The summed E-state index contributed by atoms with van der Waals surface area (Å²) in [5.41, 5.74) is 2.75. The Balaban J connectivity index is 1.67. The summed E-state index contributed by atoms with van der Waals surface area (Å²) in [7, 11) is -3.61. The number of amides is 1. The molecule has 1 aliphatic heterocycles. The van der Waals surface area contributed by atoms with Crippen LogP contribution in [-0.2, 0) is 27.9 Å². The molecule has 2 aromatic rings. The highest BCUT2D eigenvalue weighted by Crippen LogP contribution is 2.22. The van der Waals surface area contributed by atoms with Crippen LogP contribution in [0.2, 0.25) is 0 Å². The molecule has 1 aliphatic rings. The molecule has 6 nitrogen and oxygen atoms in total. The number of carbonyl (C=O) groups is 1. The topological polar surface area (TPSA) is 69.7 Å². The summed E-state index contributed by atoms with van der Waals surface area (Å²) in [4.78, 5) is 15.5. The molecular weight excluding hydrogens is 410 g/mol. The van der Waals surface area contributed by atoms with E-state index in [-0.39, 0.29) is 5.91 Å². The van der Waals surface area contributed by atoms with Crippen molar-refractivity contribution < 1.29 is 13.2 Å². The summed E-state index contributed by atoms with van der Waals surface area (Å²) in [6.45, 7) is 5.40. The Hall–Kier alpha value is -2.38. The van der Waals surface area contributed by atoms with Crippen LogP contribution in [-0.4, -0.2) is 44.6 Å². The first kappa shape index (κ1) is 23.3. The lowest BCUT2D eigenvalue weighted by molar-refractivity contribution is -0.122. The minimum atomic E-state index is -3.61. The number of rotatable bonds is 9. The first-order chi connectivity index (χ1) is 14.9. The van der Waals surface area contributed by atoms with Crippen LogP contribution in [0.5, 0.6) is 0 Å². The second-order valence-corrected chi connectivity index (χ2v) is 10.1. The Kier molecular flexibility index (Phi) is 8.09. The Morgan fingerprint density at radius 3 is 2.35 bits per heavy atom. The zero-order chi connectivity index (χ0) is 22.3. The summed E-state index contributed by atoms with van der Waals surface area (Å²) in [5.74, 6) is -0.293. The third-order valence-corrected chi connectivity index (χ3v) is 6.83. The van der Waals surface area contributed by atoms with Gasteiger partial charge in [-0.15, -0.1) is 0 Å². The van der Waals surface area contributed by atoms with Crippen LogP contribution in [0.15, 0.2) is 54.6 Å². The minimum absolute atomic E-state index is 0.293. The van der Waals surface area contributed by atoms with E-state index < -0.39 is 16.1 Å². The predicted molar refractivity (Wildman–Crippen MR) is 125 cm³/mol. The van der Waals surface area contributed by atoms with E-state index in [1.807, 2.05) is 25.1 Å². The molecule has 3 rings (SSSR count). The SMILES string of the molecule is CC[C@@H](C(=O)NCc1cccc(CN2CCCCC2)c1)N(c1ccccc1)S(C)(=O)=O. The first-order valence-corrected chi connectivity index (χ1v) is 12.9. The van der Waals surface area contributed by atoms with E-state index in [0.29, 0.717) is 18.7 Å². The molecule has 0 aliphatic carbocycles. The number of benzene rings is 2. The van der Waals surface area contributed by atoms with Gasteiger partial charge < -0.3 is 5.32 Å². The zero-order valence-electron chi connectivity index (χ0n) is 18.5. The van der Waals surface area contributed by atoms with Crippen LogP contribution in [0.3, 0.4) is 0 Å². The molecule has 0 aromatic heterocycles. The minimum Gasteiger partial charge on any atom is -0.350 e. The molecule has 1 atom stereocenters. The number of hydrogen-bond acceptors (Lipinski definition) is 4. The van der Waals surface area contributed by atoms with Crippen LogP contribution in [0, 0.1) is 0 Å². The fraction of sp³-hybridized carbons (Fsp3) is 0.458. The van der Waals surface area contributed by atoms with Gasteiger partial charge >= 0.3 is 0 Å². The highest BCUT2D eigenvalue weighted by molar-refractivity contribution is 7.92. The van der Waals surface area contributed by atoms with Gasteiger partial charge in [0.1, 0.15) is 6.04 Å². The smallest absolute Gasteiger partial charge is 0.244 e. The number of nitrogens with one attached hydrogen (secondary N) is 1. The molecule has 7 heteroatoms. The molecule has 168 valence electrons. The highest BCUT2D eigenvalue weighted by atomic mass is 32.2. The quantitative estimate of drug-likeness (QED) is 0.644. The van der Waals surface area contributed by atoms with Crippen molar-refractivity contribution in [3.63, 3.8) is 0 Å². The summed E-state index contributed by atoms with van der Waals surface area (Å²) in [6.07, 6.45) is 5.34. The van der Waals surface area contributed by atoms with E-state index in [4.69, 9.17) is 0 Å². The maximum Gasteiger partial charge on any atom is 0.244 e. The van der Waals surface area contributed by atoms with Gasteiger partial charge in [0, 0.05) is 13.1 Å². The second kappa shape index (κ2) is 10.8. The number of piperidine rings is 1. The lowest BCUT2D eigenvalue weighted by atomic mass is 10.1. The maximum absolute atomic E-state index is 13.0. The summed E-state index contributed by atoms with van der Waals surface area (Å²) < 4.78 is 26.2. The molecule has 1 heterocycles. The lowest BCUT2D eigenvalue weighted by Gasteiger charge is -2.30. The molecule has 1 fully saturated rings. The van der Waals surface area contributed by atoms with Crippen LogP contribution in [0.4, 0.5) is 5.69 Å². The van der Waals surface area contributed by atoms with Crippen molar-refractivity contribution >= 4 is 21.6 Å².